The summed E-state index contributed by atoms with van der Waals surface area (Å²) in [5.74, 6) is -1.23. The van der Waals surface area contributed by atoms with Crippen LogP contribution in [0.5, 0.6) is 0 Å². The molecule has 0 bridgehead atoms. The van der Waals surface area contributed by atoms with Gasteiger partial charge in [-0.15, -0.1) is 0 Å². The molecule has 0 aromatic heterocycles. The molecule has 5 heteroatoms. The van der Waals surface area contributed by atoms with Crippen molar-refractivity contribution in [3.8, 4) is 0 Å². The van der Waals surface area contributed by atoms with Crippen molar-refractivity contribution in [1.29, 1.82) is 0 Å². The van der Waals surface area contributed by atoms with Gasteiger partial charge in [-0.1, -0.05) is 31.2 Å². The van der Waals surface area contributed by atoms with E-state index in [1.165, 1.54) is 18.7 Å². The molecule has 2 N–H and O–H groups in total. The van der Waals surface area contributed by atoms with Gasteiger partial charge in [0.05, 0.1) is 12.5 Å². The lowest BCUT2D eigenvalue weighted by molar-refractivity contribution is -0.140. The Hall–Kier alpha value is -2.14. The molecule has 1 atom stereocenters. The summed E-state index contributed by atoms with van der Waals surface area (Å²) in [5, 5.41) is 11.3. The molecule has 1 rings (SSSR count). The minimum atomic E-state index is -0.956. The van der Waals surface area contributed by atoms with Gasteiger partial charge in [-0.25, -0.2) is 0 Å². The number of benzene rings is 1. The van der Waals surface area contributed by atoms with Gasteiger partial charge in [0.2, 0.25) is 5.91 Å². The first-order valence-corrected chi connectivity index (χ1v) is 6.84. The number of aliphatic carboxylic acids is 1. The number of aryl methyl sites for hydroxylation is 1. The summed E-state index contributed by atoms with van der Waals surface area (Å²) < 4.78 is 4.98. The monoisotopic (exact) mass is 291 g/mol. The number of ether oxygens (including phenoxy) is 1. The predicted molar refractivity (Wildman–Crippen MR) is 80.9 cm³/mol. The van der Waals surface area contributed by atoms with Crippen LogP contribution in [-0.2, 0) is 20.7 Å². The molecule has 1 amide bonds. The van der Waals surface area contributed by atoms with Crippen LogP contribution in [0.3, 0.4) is 0 Å². The third-order valence-electron chi connectivity index (χ3n) is 3.05. The smallest absolute Gasteiger partial charge is 0.306 e. The van der Waals surface area contributed by atoms with Crippen LogP contribution in [0.25, 0.3) is 6.08 Å². The highest BCUT2D eigenvalue weighted by Crippen LogP contribution is 2.06. The number of amides is 1. The van der Waals surface area contributed by atoms with Crippen LogP contribution in [-0.4, -0.2) is 36.7 Å². The second kappa shape index (κ2) is 8.92. The average molecular weight is 291 g/mol. The van der Waals surface area contributed by atoms with Gasteiger partial charge >= 0.3 is 5.97 Å². The molecule has 0 aliphatic carbocycles. The standard InChI is InChI=1S/C16H21NO4/c1-3-12-4-6-13(7-5-12)8-9-15(18)17-11-14(21-2)10-16(19)20/h4-9,14H,3,10-11H2,1-2H3,(H,17,18)(H,19,20)/b9-8+. The Morgan fingerprint density at radius 1 is 1.33 bits per heavy atom. The van der Waals surface area contributed by atoms with Crippen LogP contribution in [0.4, 0.5) is 0 Å². The van der Waals surface area contributed by atoms with Crippen molar-refractivity contribution in [2.75, 3.05) is 13.7 Å². The fourth-order valence-corrected chi connectivity index (χ4v) is 1.74. The molecule has 0 saturated heterocycles. The summed E-state index contributed by atoms with van der Waals surface area (Å²) in [4.78, 5) is 22.2. The fourth-order valence-electron chi connectivity index (χ4n) is 1.74. The maximum Gasteiger partial charge on any atom is 0.306 e. The van der Waals surface area contributed by atoms with Crippen molar-refractivity contribution in [2.24, 2.45) is 0 Å². The van der Waals surface area contributed by atoms with Crippen LogP contribution in [0.2, 0.25) is 0 Å². The van der Waals surface area contributed by atoms with Crippen molar-refractivity contribution in [2.45, 2.75) is 25.9 Å². The van der Waals surface area contributed by atoms with Crippen LogP contribution in [0.1, 0.15) is 24.5 Å². The predicted octanol–water partition coefficient (Wildman–Crippen LogP) is 1.87. The number of carbonyl (C=O) groups is 2. The van der Waals surface area contributed by atoms with Gasteiger partial charge in [0, 0.05) is 19.7 Å². The SMILES string of the molecule is CCc1ccc(/C=C/C(=O)NCC(CC(=O)O)OC)cc1. The van der Waals surface area contributed by atoms with E-state index in [1.807, 2.05) is 24.3 Å². The Morgan fingerprint density at radius 2 is 2.00 bits per heavy atom. The zero-order valence-electron chi connectivity index (χ0n) is 12.3. The number of carbonyl (C=O) groups excluding carboxylic acids is 1. The van der Waals surface area contributed by atoms with Crippen molar-refractivity contribution >= 4 is 18.0 Å². The number of nitrogens with one attached hydrogen (secondary N) is 1. The molecule has 1 aromatic carbocycles. The second-order valence-electron chi connectivity index (χ2n) is 4.63. The topological polar surface area (TPSA) is 75.6 Å². The first-order chi connectivity index (χ1) is 10.0. The normalized spacial score (nSPS) is 12.3. The van der Waals surface area contributed by atoms with E-state index in [-0.39, 0.29) is 18.9 Å². The van der Waals surface area contributed by atoms with Crippen LogP contribution < -0.4 is 5.32 Å². The number of methoxy groups -OCH3 is 1. The van der Waals surface area contributed by atoms with E-state index in [1.54, 1.807) is 6.08 Å². The lowest BCUT2D eigenvalue weighted by atomic mass is 10.1. The van der Waals surface area contributed by atoms with Crippen molar-refractivity contribution < 1.29 is 19.4 Å². The third kappa shape index (κ3) is 6.72. The summed E-state index contributed by atoms with van der Waals surface area (Å²) in [5.41, 5.74) is 2.18. The fraction of sp³-hybridized carbons (Fsp3) is 0.375. The Morgan fingerprint density at radius 3 is 2.52 bits per heavy atom. The number of hydrogen-bond donors (Lipinski definition) is 2. The molecular weight excluding hydrogens is 270 g/mol. The second-order valence-corrected chi connectivity index (χ2v) is 4.63. The van der Waals surface area contributed by atoms with Gasteiger partial charge in [-0.05, 0) is 23.6 Å². The van der Waals surface area contributed by atoms with E-state index in [4.69, 9.17) is 9.84 Å². The van der Waals surface area contributed by atoms with Crippen LogP contribution in [0.15, 0.2) is 30.3 Å². The summed E-state index contributed by atoms with van der Waals surface area (Å²) in [6.45, 7) is 2.25. The van der Waals surface area contributed by atoms with Gasteiger partial charge in [0.1, 0.15) is 0 Å². The van der Waals surface area contributed by atoms with Gasteiger partial charge in [-0.2, -0.15) is 0 Å². The highest BCUT2D eigenvalue weighted by Gasteiger charge is 2.12. The quantitative estimate of drug-likeness (QED) is 0.717. The van der Waals surface area contributed by atoms with E-state index < -0.39 is 12.1 Å². The molecule has 1 unspecified atom stereocenters. The number of rotatable bonds is 8. The molecule has 114 valence electrons. The molecule has 21 heavy (non-hydrogen) atoms. The number of carboxylic acid groups (broad SMARTS) is 1. The Kier molecular flexibility index (Phi) is 7.18. The highest BCUT2D eigenvalue weighted by molar-refractivity contribution is 5.91. The minimum absolute atomic E-state index is 0.140. The van der Waals surface area contributed by atoms with E-state index in [0.717, 1.165) is 12.0 Å². The molecule has 0 radical (unpaired) electrons. The van der Waals surface area contributed by atoms with Gasteiger partial charge < -0.3 is 15.2 Å². The molecule has 0 aliphatic rings. The highest BCUT2D eigenvalue weighted by atomic mass is 16.5. The Bertz CT molecular complexity index is 494. The molecule has 0 aliphatic heterocycles. The van der Waals surface area contributed by atoms with Crippen LogP contribution >= 0.6 is 0 Å². The van der Waals surface area contributed by atoms with E-state index in [2.05, 4.69) is 12.2 Å². The Labute approximate surface area is 124 Å². The molecule has 1 aromatic rings. The first kappa shape index (κ1) is 16.9. The van der Waals surface area contributed by atoms with Crippen molar-refractivity contribution in [3.05, 3.63) is 41.5 Å². The minimum Gasteiger partial charge on any atom is -0.481 e. The van der Waals surface area contributed by atoms with Gasteiger partial charge in [-0.3, -0.25) is 9.59 Å². The number of carboxylic acids is 1. The number of hydrogen-bond acceptors (Lipinski definition) is 3. The van der Waals surface area contributed by atoms with Gasteiger partial charge in [0.15, 0.2) is 0 Å². The average Bonchev–Trinajstić information content (AvgIpc) is 2.49. The van der Waals surface area contributed by atoms with Crippen molar-refractivity contribution in [1.82, 2.24) is 5.32 Å². The molecule has 0 spiro atoms. The zero-order chi connectivity index (χ0) is 15.7. The molecular formula is C16H21NO4. The zero-order valence-corrected chi connectivity index (χ0v) is 12.3. The van der Waals surface area contributed by atoms with E-state index >= 15 is 0 Å². The lowest BCUT2D eigenvalue weighted by Gasteiger charge is -2.12. The summed E-state index contributed by atoms with van der Waals surface area (Å²) in [6, 6.07) is 7.94. The largest absolute Gasteiger partial charge is 0.481 e. The van der Waals surface area contributed by atoms with Gasteiger partial charge in [0.25, 0.3) is 0 Å². The molecule has 0 heterocycles. The van der Waals surface area contributed by atoms with E-state index in [9.17, 15) is 9.59 Å². The Balaban J connectivity index is 2.44. The third-order valence-corrected chi connectivity index (χ3v) is 3.05. The molecule has 0 fully saturated rings. The lowest BCUT2D eigenvalue weighted by Crippen LogP contribution is -2.33. The molecule has 0 saturated carbocycles. The maximum atomic E-state index is 11.6. The van der Waals surface area contributed by atoms with Crippen LogP contribution in [0, 0.1) is 0 Å². The summed E-state index contributed by atoms with van der Waals surface area (Å²) in [7, 11) is 1.42. The maximum absolute atomic E-state index is 11.6. The molecule has 5 nitrogen and oxygen atoms in total. The summed E-state index contributed by atoms with van der Waals surface area (Å²) in [6.07, 6.45) is 3.46. The first-order valence-electron chi connectivity index (χ1n) is 6.84. The summed E-state index contributed by atoms with van der Waals surface area (Å²) >= 11 is 0. The van der Waals surface area contributed by atoms with Crippen molar-refractivity contribution in [3.63, 3.8) is 0 Å². The van der Waals surface area contributed by atoms with E-state index in [0.29, 0.717) is 0 Å².